The van der Waals surface area contributed by atoms with Gasteiger partial charge in [0.05, 0.1) is 23.4 Å². The van der Waals surface area contributed by atoms with Crippen LogP contribution in [-0.2, 0) is 6.42 Å². The highest BCUT2D eigenvalue weighted by Gasteiger charge is 2.50. The summed E-state index contributed by atoms with van der Waals surface area (Å²) < 4.78 is 1.79. The van der Waals surface area contributed by atoms with Crippen LogP contribution in [0.5, 0.6) is 0 Å². The van der Waals surface area contributed by atoms with Crippen molar-refractivity contribution in [2.45, 2.75) is 24.8 Å². The number of aliphatic hydroxyl groups excluding tert-OH is 1. The molecule has 2 heterocycles. The Morgan fingerprint density at radius 1 is 1.29 bits per heavy atom. The van der Waals surface area contributed by atoms with Gasteiger partial charge < -0.3 is 10.4 Å². The molecular formula is C21H19ClN4O2. The van der Waals surface area contributed by atoms with Crippen molar-refractivity contribution in [3.05, 3.63) is 76.2 Å². The van der Waals surface area contributed by atoms with E-state index in [0.29, 0.717) is 28.4 Å². The molecule has 1 fully saturated rings. The lowest BCUT2D eigenvalue weighted by Crippen LogP contribution is -2.31. The van der Waals surface area contributed by atoms with Gasteiger partial charge in [0.2, 0.25) is 0 Å². The molecule has 0 bridgehead atoms. The van der Waals surface area contributed by atoms with Crippen molar-refractivity contribution in [2.75, 3.05) is 6.61 Å². The Morgan fingerprint density at radius 3 is 2.82 bits per heavy atom. The third kappa shape index (κ3) is 2.89. The third-order valence-corrected chi connectivity index (χ3v) is 5.82. The molecule has 3 atom stereocenters. The van der Waals surface area contributed by atoms with Crippen LogP contribution in [0.25, 0.3) is 5.82 Å². The number of aliphatic hydroxyl groups is 1. The second kappa shape index (κ2) is 6.72. The summed E-state index contributed by atoms with van der Waals surface area (Å²) in [6.07, 6.45) is 3.59. The second-order valence-corrected chi connectivity index (χ2v) is 7.82. The Bertz CT molecular complexity index is 1030. The van der Waals surface area contributed by atoms with E-state index in [2.05, 4.69) is 15.4 Å². The number of rotatable bonds is 5. The molecule has 0 saturated heterocycles. The lowest BCUT2D eigenvalue weighted by molar-refractivity contribution is 0.0909. The molecule has 0 aliphatic heterocycles. The Hall–Kier alpha value is -2.70. The monoisotopic (exact) mass is 394 g/mol. The maximum Gasteiger partial charge on any atom is 0.272 e. The summed E-state index contributed by atoms with van der Waals surface area (Å²) in [5, 5.41) is 17.9. The van der Waals surface area contributed by atoms with Crippen LogP contribution >= 0.6 is 11.6 Å². The van der Waals surface area contributed by atoms with Gasteiger partial charge in [-0.05, 0) is 36.5 Å². The van der Waals surface area contributed by atoms with E-state index >= 15 is 0 Å². The van der Waals surface area contributed by atoms with Gasteiger partial charge in [0.25, 0.3) is 5.91 Å². The van der Waals surface area contributed by atoms with Crippen molar-refractivity contribution >= 4 is 17.5 Å². The molecule has 2 N–H and O–H groups in total. The molecule has 2 aliphatic rings. The molecule has 0 unspecified atom stereocenters. The van der Waals surface area contributed by atoms with Gasteiger partial charge in [-0.2, -0.15) is 5.10 Å². The van der Waals surface area contributed by atoms with Crippen LogP contribution < -0.4 is 5.32 Å². The quantitative estimate of drug-likeness (QED) is 0.697. The van der Waals surface area contributed by atoms with Gasteiger partial charge in [0.1, 0.15) is 0 Å². The minimum atomic E-state index is -0.473. The molecule has 1 aromatic carbocycles. The van der Waals surface area contributed by atoms with Gasteiger partial charge in [-0.15, -0.1) is 0 Å². The summed E-state index contributed by atoms with van der Waals surface area (Å²) in [5.74, 6) is 1.44. The van der Waals surface area contributed by atoms with E-state index in [-0.39, 0.29) is 12.5 Å². The minimum absolute atomic E-state index is 0.178. The summed E-state index contributed by atoms with van der Waals surface area (Å²) in [6.45, 7) is -0.178. The number of aromatic nitrogens is 3. The molecule has 3 aromatic rings. The third-order valence-electron chi connectivity index (χ3n) is 5.60. The lowest BCUT2D eigenvalue weighted by atomic mass is 10.1. The maximum absolute atomic E-state index is 13.0. The van der Waals surface area contributed by atoms with Crippen LogP contribution in [0.3, 0.4) is 0 Å². The predicted octanol–water partition coefficient (Wildman–Crippen LogP) is 3.04. The predicted molar refractivity (Wildman–Crippen MR) is 105 cm³/mol. The van der Waals surface area contributed by atoms with Crippen LogP contribution in [0.2, 0.25) is 5.02 Å². The zero-order valence-electron chi connectivity index (χ0n) is 15.0. The van der Waals surface area contributed by atoms with Crippen LogP contribution in [-0.4, -0.2) is 32.4 Å². The SMILES string of the molecule is O=C(N[C@H](CO)c1ccccc1)c1nn(-c2ccc(Cl)cn2)c2c1C[C@H]1C[C@@H]21. The van der Waals surface area contributed by atoms with E-state index in [1.807, 2.05) is 36.4 Å². The van der Waals surface area contributed by atoms with Gasteiger partial charge >= 0.3 is 0 Å². The van der Waals surface area contributed by atoms with E-state index in [4.69, 9.17) is 11.6 Å². The second-order valence-electron chi connectivity index (χ2n) is 7.38. The summed E-state index contributed by atoms with van der Waals surface area (Å²) >= 11 is 5.96. The zero-order valence-corrected chi connectivity index (χ0v) is 15.8. The first-order valence-corrected chi connectivity index (χ1v) is 9.74. The highest BCUT2D eigenvalue weighted by molar-refractivity contribution is 6.30. The Morgan fingerprint density at radius 2 is 2.11 bits per heavy atom. The summed E-state index contributed by atoms with van der Waals surface area (Å²) in [7, 11) is 0. The molecule has 142 valence electrons. The molecule has 0 radical (unpaired) electrons. The number of pyridine rings is 1. The number of fused-ring (bicyclic) bond motifs is 3. The van der Waals surface area contributed by atoms with Crippen molar-refractivity contribution in [2.24, 2.45) is 5.92 Å². The fraction of sp³-hybridized carbons (Fsp3) is 0.286. The van der Waals surface area contributed by atoms with Crippen LogP contribution in [0.1, 0.15) is 45.7 Å². The highest BCUT2D eigenvalue weighted by Crippen LogP contribution is 2.57. The minimum Gasteiger partial charge on any atom is -0.394 e. The average molecular weight is 395 g/mol. The number of amides is 1. The number of carbonyl (C=O) groups excluding carboxylic acids is 1. The molecule has 1 amide bonds. The number of hydrogen-bond acceptors (Lipinski definition) is 4. The van der Waals surface area contributed by atoms with E-state index in [0.717, 1.165) is 29.7 Å². The van der Waals surface area contributed by atoms with Crippen LogP contribution in [0.4, 0.5) is 0 Å². The van der Waals surface area contributed by atoms with Gasteiger partial charge in [0, 0.05) is 17.7 Å². The Kier molecular flexibility index (Phi) is 4.18. The fourth-order valence-corrected chi connectivity index (χ4v) is 4.22. The van der Waals surface area contributed by atoms with E-state index in [1.165, 1.54) is 0 Å². The van der Waals surface area contributed by atoms with Crippen LogP contribution in [0.15, 0.2) is 48.7 Å². The number of benzene rings is 1. The number of carbonyl (C=O) groups is 1. The number of hydrogen-bond donors (Lipinski definition) is 2. The summed E-state index contributed by atoms with van der Waals surface area (Å²) in [5.41, 5.74) is 3.37. The first-order chi connectivity index (χ1) is 13.7. The molecule has 5 rings (SSSR count). The molecule has 28 heavy (non-hydrogen) atoms. The largest absolute Gasteiger partial charge is 0.394 e. The fourth-order valence-electron chi connectivity index (χ4n) is 4.11. The van der Waals surface area contributed by atoms with Gasteiger partial charge in [-0.1, -0.05) is 41.9 Å². The number of nitrogens with one attached hydrogen (secondary N) is 1. The average Bonchev–Trinajstić information content (AvgIpc) is 3.22. The molecule has 6 nitrogen and oxygen atoms in total. The number of halogens is 1. The molecule has 7 heteroatoms. The van der Waals surface area contributed by atoms with Crippen molar-refractivity contribution < 1.29 is 9.90 Å². The van der Waals surface area contributed by atoms with Gasteiger partial charge in [0.15, 0.2) is 11.5 Å². The van der Waals surface area contributed by atoms with Crippen LogP contribution in [0, 0.1) is 5.92 Å². The van der Waals surface area contributed by atoms with Gasteiger partial charge in [-0.3, -0.25) is 4.79 Å². The van der Waals surface area contributed by atoms with E-state index in [9.17, 15) is 9.90 Å². The molecule has 2 aromatic heterocycles. The first kappa shape index (κ1) is 17.4. The molecular weight excluding hydrogens is 376 g/mol. The highest BCUT2D eigenvalue weighted by atomic mass is 35.5. The standard InChI is InChI=1S/C21H19ClN4O2/c22-14-6-7-18(23-10-14)26-20-15-8-13(15)9-16(20)19(25-26)21(28)24-17(11-27)12-4-2-1-3-5-12/h1-7,10,13,15,17,27H,8-9,11H2,(H,24,28)/t13-,15-,17-/m1/s1. The lowest BCUT2D eigenvalue weighted by Gasteiger charge is -2.16. The smallest absolute Gasteiger partial charge is 0.272 e. The van der Waals surface area contributed by atoms with Crippen molar-refractivity contribution in [3.63, 3.8) is 0 Å². The Labute approximate surface area is 167 Å². The number of nitrogens with zero attached hydrogens (tertiary/aromatic N) is 3. The molecule has 1 saturated carbocycles. The van der Waals surface area contributed by atoms with Crippen molar-refractivity contribution in [1.82, 2.24) is 20.1 Å². The molecule has 0 spiro atoms. The van der Waals surface area contributed by atoms with Gasteiger partial charge in [-0.25, -0.2) is 9.67 Å². The summed E-state index contributed by atoms with van der Waals surface area (Å²) in [6, 6.07) is 12.6. The topological polar surface area (TPSA) is 80.0 Å². The maximum atomic E-state index is 13.0. The van der Waals surface area contributed by atoms with E-state index in [1.54, 1.807) is 16.9 Å². The van der Waals surface area contributed by atoms with Crippen molar-refractivity contribution in [1.29, 1.82) is 0 Å². The normalized spacial score (nSPS) is 20.4. The first-order valence-electron chi connectivity index (χ1n) is 9.36. The zero-order chi connectivity index (χ0) is 19.3. The van der Waals surface area contributed by atoms with Crippen molar-refractivity contribution in [3.8, 4) is 5.82 Å². The summed E-state index contributed by atoms with van der Waals surface area (Å²) in [4.78, 5) is 17.4. The van der Waals surface area contributed by atoms with E-state index < -0.39 is 6.04 Å². The Balaban J connectivity index is 1.49. The molecule has 2 aliphatic carbocycles.